The quantitative estimate of drug-likeness (QED) is 0.286. The number of imidazole rings is 1. The predicted octanol–water partition coefficient (Wildman–Crippen LogP) is 4.11. The average molecular weight is 510 g/mol. The molecule has 28 heavy (non-hydrogen) atoms. The molecule has 0 aliphatic heterocycles. The molecule has 0 amide bonds. The minimum Gasteiger partial charge on any atom is -0.356 e. The second-order valence-electron chi connectivity index (χ2n) is 6.25. The molecule has 7 heteroatoms. The number of hydrogen-bond donors (Lipinski definition) is 2. The van der Waals surface area contributed by atoms with Gasteiger partial charge in [-0.15, -0.1) is 24.0 Å². The van der Waals surface area contributed by atoms with Crippen LogP contribution in [0.2, 0.25) is 5.02 Å². The third kappa shape index (κ3) is 6.83. The number of benzene rings is 2. The zero-order chi connectivity index (χ0) is 18.9. The standard InChI is InChI=1S/C21H24ClN5.HI/c1-23-21(25-11-10-19-4-2-3-5-20(19)22)26-14-17-6-8-18(9-7-17)15-27-13-12-24-16-27;/h2-9,12-13,16H,10-11,14-15H2,1H3,(H2,23,25,26);1H. The second kappa shape index (κ2) is 11.7. The van der Waals surface area contributed by atoms with Crippen molar-refractivity contribution in [3.05, 3.63) is 89.0 Å². The smallest absolute Gasteiger partial charge is 0.191 e. The van der Waals surface area contributed by atoms with Gasteiger partial charge in [-0.2, -0.15) is 0 Å². The van der Waals surface area contributed by atoms with E-state index in [9.17, 15) is 0 Å². The number of aliphatic imine (C=N–C) groups is 1. The molecule has 3 aromatic rings. The van der Waals surface area contributed by atoms with E-state index in [0.29, 0.717) is 0 Å². The Bertz CT molecular complexity index is 863. The second-order valence-corrected chi connectivity index (χ2v) is 6.65. The van der Waals surface area contributed by atoms with Crippen LogP contribution in [0.15, 0.2) is 72.2 Å². The van der Waals surface area contributed by atoms with Crippen molar-refractivity contribution in [2.45, 2.75) is 19.5 Å². The van der Waals surface area contributed by atoms with Gasteiger partial charge in [-0.05, 0) is 29.2 Å². The largest absolute Gasteiger partial charge is 0.356 e. The van der Waals surface area contributed by atoms with Crippen LogP contribution >= 0.6 is 35.6 Å². The minimum atomic E-state index is 0. The van der Waals surface area contributed by atoms with Gasteiger partial charge in [0.25, 0.3) is 0 Å². The van der Waals surface area contributed by atoms with Gasteiger partial charge in [0.15, 0.2) is 5.96 Å². The Morgan fingerprint density at radius 2 is 1.82 bits per heavy atom. The highest BCUT2D eigenvalue weighted by molar-refractivity contribution is 14.0. The van der Waals surface area contributed by atoms with Crippen LogP contribution < -0.4 is 10.6 Å². The average Bonchev–Trinajstić information content (AvgIpc) is 3.20. The summed E-state index contributed by atoms with van der Waals surface area (Å²) in [6.45, 7) is 2.32. The number of guanidine groups is 1. The molecule has 1 heterocycles. The highest BCUT2D eigenvalue weighted by Crippen LogP contribution is 2.14. The maximum Gasteiger partial charge on any atom is 0.191 e. The summed E-state index contributed by atoms with van der Waals surface area (Å²) in [4.78, 5) is 8.34. The van der Waals surface area contributed by atoms with E-state index in [1.165, 1.54) is 11.1 Å². The van der Waals surface area contributed by atoms with E-state index in [4.69, 9.17) is 11.6 Å². The van der Waals surface area contributed by atoms with Crippen molar-refractivity contribution in [3.8, 4) is 0 Å². The van der Waals surface area contributed by atoms with Crippen molar-refractivity contribution in [1.29, 1.82) is 0 Å². The van der Waals surface area contributed by atoms with Gasteiger partial charge in [0, 0.05) is 44.1 Å². The number of halogens is 2. The molecule has 0 aliphatic carbocycles. The van der Waals surface area contributed by atoms with Crippen molar-refractivity contribution in [2.24, 2.45) is 4.99 Å². The molecule has 0 aliphatic rings. The summed E-state index contributed by atoms with van der Waals surface area (Å²) in [5.41, 5.74) is 3.59. The van der Waals surface area contributed by atoms with Crippen LogP contribution in [0.4, 0.5) is 0 Å². The molecule has 148 valence electrons. The van der Waals surface area contributed by atoms with Gasteiger partial charge in [0.2, 0.25) is 0 Å². The molecular weight excluding hydrogens is 485 g/mol. The molecule has 0 fully saturated rings. The van der Waals surface area contributed by atoms with Gasteiger partial charge in [-0.1, -0.05) is 54.1 Å². The molecule has 0 radical (unpaired) electrons. The van der Waals surface area contributed by atoms with Gasteiger partial charge in [-0.3, -0.25) is 4.99 Å². The Kier molecular flexibility index (Phi) is 9.30. The molecule has 2 N–H and O–H groups in total. The number of nitrogens with one attached hydrogen (secondary N) is 2. The van der Waals surface area contributed by atoms with Crippen molar-refractivity contribution < 1.29 is 0 Å². The molecule has 0 saturated heterocycles. The van der Waals surface area contributed by atoms with E-state index in [-0.39, 0.29) is 24.0 Å². The summed E-state index contributed by atoms with van der Waals surface area (Å²) in [5, 5.41) is 7.47. The lowest BCUT2D eigenvalue weighted by molar-refractivity contribution is 0.788. The number of nitrogens with zero attached hydrogens (tertiary/aromatic N) is 3. The van der Waals surface area contributed by atoms with E-state index in [1.807, 2.05) is 36.8 Å². The van der Waals surface area contributed by atoms with Gasteiger partial charge in [0.1, 0.15) is 0 Å². The maximum absolute atomic E-state index is 6.19. The summed E-state index contributed by atoms with van der Waals surface area (Å²) < 4.78 is 2.05. The van der Waals surface area contributed by atoms with Crippen molar-refractivity contribution in [2.75, 3.05) is 13.6 Å². The van der Waals surface area contributed by atoms with Crippen molar-refractivity contribution in [1.82, 2.24) is 20.2 Å². The number of hydrogen-bond acceptors (Lipinski definition) is 2. The lowest BCUT2D eigenvalue weighted by Gasteiger charge is -2.13. The Hall–Kier alpha value is -2.06. The Labute approximate surface area is 188 Å². The van der Waals surface area contributed by atoms with Crippen LogP contribution in [0.25, 0.3) is 0 Å². The molecule has 5 nitrogen and oxygen atoms in total. The number of rotatable bonds is 7. The van der Waals surface area contributed by atoms with E-state index in [1.54, 1.807) is 13.2 Å². The van der Waals surface area contributed by atoms with Crippen molar-refractivity contribution in [3.63, 3.8) is 0 Å². The first-order valence-corrected chi connectivity index (χ1v) is 9.34. The fourth-order valence-electron chi connectivity index (χ4n) is 2.78. The molecule has 0 unspecified atom stereocenters. The SMILES string of the molecule is CN=C(NCCc1ccccc1Cl)NCc1ccc(Cn2ccnc2)cc1.I. The topological polar surface area (TPSA) is 54.2 Å². The Morgan fingerprint density at radius 3 is 2.50 bits per heavy atom. The van der Waals surface area contributed by atoms with E-state index in [2.05, 4.69) is 49.4 Å². The lowest BCUT2D eigenvalue weighted by Crippen LogP contribution is -2.37. The zero-order valence-electron chi connectivity index (χ0n) is 15.8. The molecule has 0 spiro atoms. The summed E-state index contributed by atoms with van der Waals surface area (Å²) in [7, 11) is 1.78. The minimum absolute atomic E-state index is 0. The van der Waals surface area contributed by atoms with E-state index in [0.717, 1.165) is 42.6 Å². The van der Waals surface area contributed by atoms with Crippen LogP contribution in [-0.4, -0.2) is 29.1 Å². The fraction of sp³-hybridized carbons (Fsp3) is 0.238. The van der Waals surface area contributed by atoms with Crippen LogP contribution in [0.5, 0.6) is 0 Å². The van der Waals surface area contributed by atoms with Crippen LogP contribution in [0.3, 0.4) is 0 Å². The van der Waals surface area contributed by atoms with Gasteiger partial charge in [0.05, 0.1) is 6.33 Å². The molecule has 0 saturated carbocycles. The third-order valence-corrected chi connectivity index (χ3v) is 4.64. The summed E-state index contributed by atoms with van der Waals surface area (Å²) in [5.74, 6) is 0.782. The molecule has 3 rings (SSSR count). The van der Waals surface area contributed by atoms with Gasteiger partial charge >= 0.3 is 0 Å². The van der Waals surface area contributed by atoms with Crippen LogP contribution in [0.1, 0.15) is 16.7 Å². The van der Waals surface area contributed by atoms with E-state index >= 15 is 0 Å². The molecule has 0 bridgehead atoms. The fourth-order valence-corrected chi connectivity index (χ4v) is 3.01. The number of aromatic nitrogens is 2. The summed E-state index contributed by atoms with van der Waals surface area (Å²) >= 11 is 6.19. The third-order valence-electron chi connectivity index (χ3n) is 4.28. The first kappa shape index (κ1) is 22.2. The zero-order valence-corrected chi connectivity index (χ0v) is 18.9. The predicted molar refractivity (Wildman–Crippen MR) is 127 cm³/mol. The molecule has 2 aromatic carbocycles. The van der Waals surface area contributed by atoms with Crippen molar-refractivity contribution >= 4 is 41.5 Å². The van der Waals surface area contributed by atoms with Gasteiger partial charge < -0.3 is 15.2 Å². The lowest BCUT2D eigenvalue weighted by atomic mass is 10.1. The van der Waals surface area contributed by atoms with E-state index < -0.39 is 0 Å². The van der Waals surface area contributed by atoms with Gasteiger partial charge in [-0.25, -0.2) is 4.98 Å². The van der Waals surface area contributed by atoms with Crippen LogP contribution in [0, 0.1) is 0 Å². The summed E-state index contributed by atoms with van der Waals surface area (Å²) in [6, 6.07) is 16.5. The summed E-state index contributed by atoms with van der Waals surface area (Å²) in [6.07, 6.45) is 6.44. The molecular formula is C21H25ClIN5. The Morgan fingerprint density at radius 1 is 1.07 bits per heavy atom. The first-order valence-electron chi connectivity index (χ1n) is 8.96. The maximum atomic E-state index is 6.19. The highest BCUT2D eigenvalue weighted by Gasteiger charge is 2.02. The van der Waals surface area contributed by atoms with Crippen LogP contribution in [-0.2, 0) is 19.5 Å². The highest BCUT2D eigenvalue weighted by atomic mass is 127. The first-order chi connectivity index (χ1) is 13.2. The normalized spacial score (nSPS) is 11.0. The molecule has 1 aromatic heterocycles. The molecule has 0 atom stereocenters. The Balaban J connectivity index is 0.00000280. The monoisotopic (exact) mass is 509 g/mol.